The summed E-state index contributed by atoms with van der Waals surface area (Å²) in [5.41, 5.74) is 0.169. The van der Waals surface area contributed by atoms with Crippen molar-refractivity contribution in [3.8, 4) is 0 Å². The van der Waals surface area contributed by atoms with E-state index in [4.69, 9.17) is 27.9 Å². The second-order valence-electron chi connectivity index (χ2n) is 3.48. The zero-order chi connectivity index (χ0) is 11.7. The Bertz CT molecular complexity index is 455. The molecular formula is C9H11Cl2N3O2. The lowest BCUT2D eigenvalue weighted by Gasteiger charge is -2.29. The smallest absolute Gasteiger partial charge is 0.287 e. The number of ether oxygens (including phenoxy) is 1. The second kappa shape index (κ2) is 4.61. The molecule has 0 amide bonds. The molecule has 1 saturated heterocycles. The Kier molecular flexibility index (Phi) is 3.37. The topological polar surface area (TPSA) is 47.4 Å². The Morgan fingerprint density at radius 1 is 1.31 bits per heavy atom. The number of nitrogens with zero attached hydrogens (tertiary/aromatic N) is 3. The molecule has 16 heavy (non-hydrogen) atoms. The lowest BCUT2D eigenvalue weighted by Crippen LogP contribution is -2.38. The van der Waals surface area contributed by atoms with Gasteiger partial charge in [-0.25, -0.2) is 4.68 Å². The molecule has 0 radical (unpaired) electrons. The van der Waals surface area contributed by atoms with Crippen LogP contribution >= 0.6 is 23.2 Å². The Labute approximate surface area is 103 Å². The quantitative estimate of drug-likeness (QED) is 0.756. The number of anilines is 1. The number of morpholine rings is 1. The molecule has 2 rings (SSSR count). The minimum absolute atomic E-state index is 0.115. The van der Waals surface area contributed by atoms with Crippen molar-refractivity contribution in [1.82, 2.24) is 9.78 Å². The first-order valence-electron chi connectivity index (χ1n) is 4.86. The summed E-state index contributed by atoms with van der Waals surface area (Å²) in [5, 5.41) is 4.27. The summed E-state index contributed by atoms with van der Waals surface area (Å²) in [6, 6.07) is 0. The van der Waals surface area contributed by atoms with Gasteiger partial charge in [0.1, 0.15) is 10.7 Å². The number of hydrogen-bond acceptors (Lipinski definition) is 4. The van der Waals surface area contributed by atoms with Gasteiger partial charge in [0.15, 0.2) is 5.15 Å². The standard InChI is InChI=1S/C9H11Cl2N3O2/c1-13-9(15)6(10)7(8(11)12-13)14-2-4-16-5-3-14/h2-5H2,1H3. The molecule has 0 N–H and O–H groups in total. The van der Waals surface area contributed by atoms with E-state index in [0.717, 1.165) is 4.68 Å². The average molecular weight is 264 g/mol. The summed E-state index contributed by atoms with van der Waals surface area (Å²) in [6.45, 7) is 2.52. The molecule has 0 aromatic carbocycles. The molecule has 7 heteroatoms. The van der Waals surface area contributed by atoms with Crippen LogP contribution in [0.2, 0.25) is 10.2 Å². The van der Waals surface area contributed by atoms with E-state index >= 15 is 0 Å². The van der Waals surface area contributed by atoms with E-state index in [-0.39, 0.29) is 15.7 Å². The molecule has 0 aliphatic carbocycles. The molecule has 0 atom stereocenters. The highest BCUT2D eigenvalue weighted by atomic mass is 35.5. The fourth-order valence-corrected chi connectivity index (χ4v) is 2.32. The maximum absolute atomic E-state index is 11.6. The second-order valence-corrected chi connectivity index (χ2v) is 4.22. The zero-order valence-corrected chi connectivity index (χ0v) is 10.3. The first kappa shape index (κ1) is 11.7. The van der Waals surface area contributed by atoms with Crippen molar-refractivity contribution in [2.45, 2.75) is 0 Å². The summed E-state index contributed by atoms with van der Waals surface area (Å²) < 4.78 is 6.36. The van der Waals surface area contributed by atoms with Gasteiger partial charge >= 0.3 is 0 Å². The number of aromatic nitrogens is 2. The number of hydrogen-bond donors (Lipinski definition) is 0. The predicted molar refractivity (Wildman–Crippen MR) is 62.5 cm³/mol. The number of aryl methyl sites for hydroxylation is 1. The van der Waals surface area contributed by atoms with Crippen molar-refractivity contribution in [2.75, 3.05) is 31.2 Å². The van der Waals surface area contributed by atoms with Crippen molar-refractivity contribution in [3.63, 3.8) is 0 Å². The Morgan fingerprint density at radius 2 is 1.94 bits per heavy atom. The molecule has 0 spiro atoms. The van der Waals surface area contributed by atoms with Crippen LogP contribution in [0.15, 0.2) is 4.79 Å². The molecule has 2 heterocycles. The fourth-order valence-electron chi connectivity index (χ4n) is 1.61. The third-order valence-corrected chi connectivity index (χ3v) is 3.05. The lowest BCUT2D eigenvalue weighted by molar-refractivity contribution is 0.122. The highest BCUT2D eigenvalue weighted by molar-refractivity contribution is 6.38. The van der Waals surface area contributed by atoms with Gasteiger partial charge in [0.05, 0.1) is 13.2 Å². The van der Waals surface area contributed by atoms with E-state index in [1.807, 2.05) is 4.90 Å². The van der Waals surface area contributed by atoms with Crippen LogP contribution < -0.4 is 10.5 Å². The SMILES string of the molecule is Cn1nc(Cl)c(N2CCOCC2)c(Cl)c1=O. The van der Waals surface area contributed by atoms with Gasteiger partial charge in [0.2, 0.25) is 0 Å². The Morgan fingerprint density at radius 3 is 2.56 bits per heavy atom. The largest absolute Gasteiger partial charge is 0.378 e. The molecule has 0 saturated carbocycles. The summed E-state index contributed by atoms with van der Waals surface area (Å²) in [5.74, 6) is 0. The summed E-state index contributed by atoms with van der Waals surface area (Å²) in [7, 11) is 1.52. The minimum atomic E-state index is -0.340. The summed E-state index contributed by atoms with van der Waals surface area (Å²) in [4.78, 5) is 13.6. The Hall–Kier alpha value is -0.780. The lowest BCUT2D eigenvalue weighted by atomic mass is 10.3. The number of halogens is 2. The molecular weight excluding hydrogens is 253 g/mol. The normalized spacial score (nSPS) is 16.6. The molecule has 1 aliphatic heterocycles. The van der Waals surface area contributed by atoms with E-state index in [9.17, 15) is 4.79 Å². The van der Waals surface area contributed by atoms with Crippen molar-refractivity contribution in [3.05, 3.63) is 20.5 Å². The van der Waals surface area contributed by atoms with Crippen LogP contribution in [-0.4, -0.2) is 36.1 Å². The van der Waals surface area contributed by atoms with Gasteiger partial charge in [-0.3, -0.25) is 4.79 Å². The molecule has 5 nitrogen and oxygen atoms in total. The monoisotopic (exact) mass is 263 g/mol. The molecule has 88 valence electrons. The number of rotatable bonds is 1. The van der Waals surface area contributed by atoms with Crippen LogP contribution in [0, 0.1) is 0 Å². The van der Waals surface area contributed by atoms with Gasteiger partial charge in [-0.05, 0) is 0 Å². The third-order valence-electron chi connectivity index (χ3n) is 2.45. The van der Waals surface area contributed by atoms with E-state index in [0.29, 0.717) is 32.0 Å². The summed E-state index contributed by atoms with van der Waals surface area (Å²) in [6.07, 6.45) is 0. The van der Waals surface area contributed by atoms with Gasteiger partial charge in [-0.1, -0.05) is 23.2 Å². The first-order chi connectivity index (χ1) is 7.61. The zero-order valence-electron chi connectivity index (χ0n) is 8.74. The van der Waals surface area contributed by atoms with E-state index in [1.165, 1.54) is 7.05 Å². The third kappa shape index (κ3) is 2.03. The highest BCUT2D eigenvalue weighted by Crippen LogP contribution is 2.29. The van der Waals surface area contributed by atoms with Crippen LogP contribution in [0.4, 0.5) is 5.69 Å². The van der Waals surface area contributed by atoms with E-state index < -0.39 is 0 Å². The molecule has 1 fully saturated rings. The molecule has 1 aromatic rings. The summed E-state index contributed by atoms with van der Waals surface area (Å²) >= 11 is 12.0. The first-order valence-corrected chi connectivity index (χ1v) is 5.62. The van der Waals surface area contributed by atoms with Crippen molar-refractivity contribution in [2.24, 2.45) is 7.05 Å². The van der Waals surface area contributed by atoms with E-state index in [2.05, 4.69) is 5.10 Å². The van der Waals surface area contributed by atoms with Gasteiger partial charge in [-0.2, -0.15) is 5.10 Å². The van der Waals surface area contributed by atoms with Crippen molar-refractivity contribution < 1.29 is 4.74 Å². The fraction of sp³-hybridized carbons (Fsp3) is 0.556. The van der Waals surface area contributed by atoms with Crippen LogP contribution in [0.1, 0.15) is 0 Å². The minimum Gasteiger partial charge on any atom is -0.378 e. The molecule has 0 bridgehead atoms. The molecule has 1 aromatic heterocycles. The van der Waals surface area contributed by atoms with E-state index in [1.54, 1.807) is 0 Å². The van der Waals surface area contributed by atoms with Crippen molar-refractivity contribution in [1.29, 1.82) is 0 Å². The van der Waals surface area contributed by atoms with Crippen LogP contribution in [0.3, 0.4) is 0 Å². The maximum Gasteiger partial charge on any atom is 0.287 e. The average Bonchev–Trinajstić information content (AvgIpc) is 2.28. The van der Waals surface area contributed by atoms with Crippen LogP contribution in [0.5, 0.6) is 0 Å². The highest BCUT2D eigenvalue weighted by Gasteiger charge is 2.21. The van der Waals surface area contributed by atoms with Crippen molar-refractivity contribution >= 4 is 28.9 Å². The van der Waals surface area contributed by atoms with Gasteiger partial charge in [-0.15, -0.1) is 0 Å². The van der Waals surface area contributed by atoms with Crippen LogP contribution in [0.25, 0.3) is 0 Å². The van der Waals surface area contributed by atoms with Crippen LogP contribution in [-0.2, 0) is 11.8 Å². The van der Waals surface area contributed by atoms with Gasteiger partial charge in [0, 0.05) is 20.1 Å². The maximum atomic E-state index is 11.6. The Balaban J connectivity index is 2.47. The molecule has 0 unspecified atom stereocenters. The van der Waals surface area contributed by atoms with Gasteiger partial charge < -0.3 is 9.64 Å². The predicted octanol–water partition coefficient (Wildman–Crippen LogP) is 0.924. The van der Waals surface area contributed by atoms with Gasteiger partial charge in [0.25, 0.3) is 5.56 Å². The molecule has 1 aliphatic rings.